The summed E-state index contributed by atoms with van der Waals surface area (Å²) in [5.41, 5.74) is -0.326. The summed E-state index contributed by atoms with van der Waals surface area (Å²) in [6.07, 6.45) is -1.22. The molecule has 0 aliphatic heterocycles. The number of aliphatic hydroxyl groups is 1. The molecule has 0 radical (unpaired) electrons. The Balaban J connectivity index is 2.17. The Labute approximate surface area is 111 Å². The number of aliphatic hydroxyl groups excluding tert-OH is 1. The minimum absolute atomic E-state index is 0.0308. The molecule has 3 nitrogen and oxygen atoms in total. The van der Waals surface area contributed by atoms with E-state index in [9.17, 15) is 14.7 Å². The Kier molecular flexibility index (Phi) is 1.60. The van der Waals surface area contributed by atoms with Crippen molar-refractivity contribution >= 4 is 11.6 Å². The van der Waals surface area contributed by atoms with Crippen LogP contribution in [0.1, 0.15) is 31.9 Å². The Hall–Kier alpha value is -1.48. The topological polar surface area (TPSA) is 54.4 Å². The van der Waals surface area contributed by atoms with E-state index >= 15 is 0 Å². The minimum atomic E-state index is -1.22. The second kappa shape index (κ2) is 2.68. The van der Waals surface area contributed by atoms with E-state index in [-0.39, 0.29) is 17.5 Å². The highest BCUT2D eigenvalue weighted by Gasteiger charge is 2.86. The van der Waals surface area contributed by atoms with E-state index in [0.717, 1.165) is 11.1 Å². The highest BCUT2D eigenvalue weighted by atomic mass is 16.3. The maximum absolute atomic E-state index is 12.8. The van der Waals surface area contributed by atoms with Crippen LogP contribution in [0.25, 0.3) is 0 Å². The molecule has 2 saturated carbocycles. The first-order valence-electron chi connectivity index (χ1n) is 6.69. The first-order valence-corrected chi connectivity index (χ1v) is 6.69. The summed E-state index contributed by atoms with van der Waals surface area (Å²) in [7, 11) is 0. The number of hydrogen-bond donors (Lipinski definition) is 1. The Morgan fingerprint density at radius 2 is 1.53 bits per heavy atom. The smallest absolute Gasteiger partial charge is 0.170 e. The molecular formula is C16H16O3. The Bertz CT molecular complexity index is 664. The van der Waals surface area contributed by atoms with Crippen molar-refractivity contribution in [3.05, 3.63) is 35.4 Å². The van der Waals surface area contributed by atoms with Crippen molar-refractivity contribution in [3.63, 3.8) is 0 Å². The predicted octanol–water partition coefficient (Wildman–Crippen LogP) is 1.36. The largest absolute Gasteiger partial charge is 0.384 e. The molecule has 98 valence electrons. The van der Waals surface area contributed by atoms with Crippen LogP contribution in [-0.2, 0) is 20.4 Å². The van der Waals surface area contributed by atoms with Crippen LogP contribution in [0.5, 0.6) is 0 Å². The van der Waals surface area contributed by atoms with Gasteiger partial charge in [0.25, 0.3) is 0 Å². The maximum atomic E-state index is 12.8. The summed E-state index contributed by atoms with van der Waals surface area (Å²) in [4.78, 5) is 25.3. The van der Waals surface area contributed by atoms with Crippen LogP contribution in [0.4, 0.5) is 0 Å². The van der Waals surface area contributed by atoms with Gasteiger partial charge in [-0.15, -0.1) is 0 Å². The molecular weight excluding hydrogens is 240 g/mol. The molecule has 1 aromatic rings. The lowest BCUT2D eigenvalue weighted by atomic mass is 9.63. The van der Waals surface area contributed by atoms with Gasteiger partial charge in [-0.1, -0.05) is 38.1 Å². The number of benzene rings is 1. The summed E-state index contributed by atoms with van der Waals surface area (Å²) in [5, 5.41) is 10.4. The first kappa shape index (κ1) is 11.4. The average Bonchev–Trinajstić information content (AvgIpc) is 2.94. The van der Waals surface area contributed by atoms with Crippen LogP contribution >= 0.6 is 0 Å². The van der Waals surface area contributed by atoms with Gasteiger partial charge in [-0.05, 0) is 18.1 Å². The third-order valence-electron chi connectivity index (χ3n) is 6.28. The highest BCUT2D eigenvalue weighted by Crippen LogP contribution is 2.77. The van der Waals surface area contributed by atoms with Crippen LogP contribution in [0.2, 0.25) is 0 Å². The zero-order chi connectivity index (χ0) is 13.8. The van der Waals surface area contributed by atoms with Crippen molar-refractivity contribution in [3.8, 4) is 0 Å². The van der Waals surface area contributed by atoms with Crippen LogP contribution in [0.3, 0.4) is 0 Å². The quantitative estimate of drug-likeness (QED) is 0.762. The van der Waals surface area contributed by atoms with Gasteiger partial charge in [-0.2, -0.15) is 0 Å². The molecule has 0 saturated heterocycles. The normalized spacial score (nSPS) is 49.9. The third kappa shape index (κ3) is 0.787. The summed E-state index contributed by atoms with van der Waals surface area (Å²) in [5.74, 6) is -0.405. The number of carbonyl (C=O) groups excluding carboxylic acids is 2. The molecule has 1 N–H and O–H groups in total. The molecule has 0 amide bonds. The fraction of sp³-hybridized carbons (Fsp3) is 0.500. The molecule has 1 aromatic carbocycles. The summed E-state index contributed by atoms with van der Waals surface area (Å²) < 4.78 is 0. The first-order chi connectivity index (χ1) is 8.82. The molecule has 0 spiro atoms. The van der Waals surface area contributed by atoms with Crippen LogP contribution in [0, 0.1) is 11.3 Å². The van der Waals surface area contributed by atoms with E-state index in [1.807, 2.05) is 38.1 Å². The van der Waals surface area contributed by atoms with Crippen LogP contribution in [-0.4, -0.2) is 22.8 Å². The number of hydrogen-bond acceptors (Lipinski definition) is 3. The summed E-state index contributed by atoms with van der Waals surface area (Å²) in [6.45, 7) is 5.54. The van der Waals surface area contributed by atoms with E-state index in [0.29, 0.717) is 0 Å². The van der Waals surface area contributed by atoms with Crippen molar-refractivity contribution in [1.82, 2.24) is 0 Å². The number of carbonyl (C=O) groups is 2. The molecule has 0 heterocycles. The number of rotatable bonds is 0. The van der Waals surface area contributed by atoms with Gasteiger partial charge in [0.15, 0.2) is 11.6 Å². The SMILES string of the molecule is CC12C(=O)C3[C@](C)(c4ccccc41)[C@]3(C)C(=O)[C@H]2O. The second-order valence-electron chi connectivity index (χ2n) is 6.72. The van der Waals surface area contributed by atoms with Gasteiger partial charge in [-0.25, -0.2) is 0 Å². The number of Topliss-reactive ketones (excluding diaryl/α,β-unsaturated/α-hetero) is 2. The zero-order valence-electron chi connectivity index (χ0n) is 11.2. The van der Waals surface area contributed by atoms with Crippen molar-refractivity contribution in [1.29, 1.82) is 0 Å². The lowest BCUT2D eigenvalue weighted by molar-refractivity contribution is -0.149. The van der Waals surface area contributed by atoms with E-state index < -0.39 is 22.3 Å². The average molecular weight is 256 g/mol. The second-order valence-corrected chi connectivity index (χ2v) is 6.72. The zero-order valence-corrected chi connectivity index (χ0v) is 11.2. The lowest BCUT2D eigenvalue weighted by Crippen LogP contribution is -2.55. The van der Waals surface area contributed by atoms with Gasteiger partial charge >= 0.3 is 0 Å². The minimum Gasteiger partial charge on any atom is -0.384 e. The van der Waals surface area contributed by atoms with Gasteiger partial charge in [0.1, 0.15) is 6.10 Å². The molecule has 3 aliphatic carbocycles. The molecule has 2 fully saturated rings. The van der Waals surface area contributed by atoms with Gasteiger partial charge in [-0.3, -0.25) is 9.59 Å². The summed E-state index contributed by atoms with van der Waals surface area (Å²) in [6, 6.07) is 7.70. The van der Waals surface area contributed by atoms with E-state index in [1.165, 1.54) is 0 Å². The molecule has 3 heteroatoms. The lowest BCUT2D eigenvalue weighted by Gasteiger charge is -2.39. The number of fused-ring (bicyclic) bond motifs is 5. The van der Waals surface area contributed by atoms with Crippen molar-refractivity contribution in [2.75, 3.05) is 0 Å². The molecule has 0 aromatic heterocycles. The molecule has 2 bridgehead atoms. The standard InChI is InChI=1S/C16H16O3/c1-14-8-6-4-5-7-9(8)15(2)10(11(14)17)16(15,3)13(19)12(14)18/h4-7,10,12,18H,1-3H3/t10?,12-,14?,15+,16+/m1/s1. The highest BCUT2D eigenvalue weighted by molar-refractivity contribution is 6.16. The van der Waals surface area contributed by atoms with E-state index in [4.69, 9.17) is 0 Å². The third-order valence-corrected chi connectivity index (χ3v) is 6.28. The fourth-order valence-corrected chi connectivity index (χ4v) is 4.81. The van der Waals surface area contributed by atoms with Crippen LogP contribution < -0.4 is 0 Å². The maximum Gasteiger partial charge on any atom is 0.170 e. The van der Waals surface area contributed by atoms with Gasteiger partial charge in [0.05, 0.1) is 5.41 Å². The molecule has 2 unspecified atom stereocenters. The Morgan fingerprint density at radius 1 is 0.947 bits per heavy atom. The predicted molar refractivity (Wildman–Crippen MR) is 68.8 cm³/mol. The van der Waals surface area contributed by atoms with Gasteiger partial charge in [0, 0.05) is 16.7 Å². The Morgan fingerprint density at radius 3 is 2.16 bits per heavy atom. The van der Waals surface area contributed by atoms with Gasteiger partial charge < -0.3 is 5.11 Å². The summed E-state index contributed by atoms with van der Waals surface area (Å²) >= 11 is 0. The molecule has 19 heavy (non-hydrogen) atoms. The van der Waals surface area contributed by atoms with E-state index in [2.05, 4.69) is 0 Å². The number of ketones is 2. The van der Waals surface area contributed by atoms with Crippen molar-refractivity contribution in [2.24, 2.45) is 11.3 Å². The van der Waals surface area contributed by atoms with E-state index in [1.54, 1.807) is 6.92 Å². The monoisotopic (exact) mass is 256 g/mol. The molecule has 5 atom stereocenters. The molecule has 3 aliphatic rings. The van der Waals surface area contributed by atoms with Crippen molar-refractivity contribution in [2.45, 2.75) is 37.7 Å². The fourth-order valence-electron chi connectivity index (χ4n) is 4.81. The van der Waals surface area contributed by atoms with Crippen molar-refractivity contribution < 1.29 is 14.7 Å². The molecule has 4 rings (SSSR count). The van der Waals surface area contributed by atoms with Gasteiger partial charge in [0.2, 0.25) is 0 Å². The van der Waals surface area contributed by atoms with Crippen LogP contribution in [0.15, 0.2) is 24.3 Å².